The summed E-state index contributed by atoms with van der Waals surface area (Å²) in [6, 6.07) is 9.41. The quantitative estimate of drug-likeness (QED) is 0.669. The smallest absolute Gasteiger partial charge is 0.406 e. The van der Waals surface area contributed by atoms with Gasteiger partial charge in [0.05, 0.1) is 5.56 Å². The van der Waals surface area contributed by atoms with Crippen molar-refractivity contribution in [3.8, 4) is 5.75 Å². The summed E-state index contributed by atoms with van der Waals surface area (Å²) >= 11 is 0. The lowest BCUT2D eigenvalue weighted by atomic mass is 9.93. The number of amides is 1. The van der Waals surface area contributed by atoms with E-state index in [1.807, 2.05) is 0 Å². The van der Waals surface area contributed by atoms with Crippen LogP contribution in [0.4, 0.5) is 23.2 Å². The Balaban J connectivity index is 0.00000272. The second kappa shape index (κ2) is 8.26. The van der Waals surface area contributed by atoms with E-state index >= 15 is 0 Å². The molecule has 1 spiro atoms. The minimum Gasteiger partial charge on any atom is -0.406 e. The van der Waals surface area contributed by atoms with Crippen LogP contribution in [-0.2, 0) is 0 Å². The van der Waals surface area contributed by atoms with Gasteiger partial charge in [0.1, 0.15) is 23.1 Å². The van der Waals surface area contributed by atoms with Crippen LogP contribution in [0.3, 0.4) is 0 Å². The van der Waals surface area contributed by atoms with Crippen molar-refractivity contribution in [3.05, 3.63) is 59.4 Å². The third-order valence-electron chi connectivity index (χ3n) is 5.18. The summed E-state index contributed by atoms with van der Waals surface area (Å²) in [7, 11) is 0. The monoisotopic (exact) mass is 458 g/mol. The number of aliphatic imine (C=N–C) groups is 1. The number of rotatable bonds is 2. The highest BCUT2D eigenvalue weighted by Crippen LogP contribution is 2.35. The first kappa shape index (κ1) is 22.7. The van der Waals surface area contributed by atoms with E-state index in [1.54, 1.807) is 17.0 Å². The molecule has 0 bridgehead atoms. The van der Waals surface area contributed by atoms with E-state index in [2.05, 4.69) is 15.0 Å². The minimum atomic E-state index is -4.79. The lowest BCUT2D eigenvalue weighted by Crippen LogP contribution is -2.52. The van der Waals surface area contributed by atoms with Crippen molar-refractivity contribution < 1.29 is 27.1 Å². The molecule has 0 aromatic heterocycles. The van der Waals surface area contributed by atoms with Crippen LogP contribution in [0.25, 0.3) is 0 Å². The lowest BCUT2D eigenvalue weighted by Gasteiger charge is -2.42. The van der Waals surface area contributed by atoms with Gasteiger partial charge in [0.25, 0.3) is 5.91 Å². The van der Waals surface area contributed by atoms with Crippen LogP contribution < -0.4 is 15.8 Å². The highest BCUT2D eigenvalue weighted by atomic mass is 35.5. The Morgan fingerprint density at radius 2 is 1.77 bits per heavy atom. The van der Waals surface area contributed by atoms with Crippen molar-refractivity contribution >= 4 is 29.8 Å². The van der Waals surface area contributed by atoms with Gasteiger partial charge < -0.3 is 20.7 Å². The SMILES string of the molecule is Cl.NC1=NC2(CCN(C(=O)c3ccc(OC(F)(F)F)cc3)CC2)Nc2cccc(F)c21. The van der Waals surface area contributed by atoms with Crippen LogP contribution in [0.2, 0.25) is 0 Å². The highest BCUT2D eigenvalue weighted by molar-refractivity contribution is 6.04. The molecule has 166 valence electrons. The maximum absolute atomic E-state index is 14.0. The topological polar surface area (TPSA) is 80.0 Å². The fraction of sp³-hybridized carbons (Fsp3) is 0.300. The Labute approximate surface area is 181 Å². The minimum absolute atomic E-state index is 0. The van der Waals surface area contributed by atoms with Crippen molar-refractivity contribution in [2.24, 2.45) is 10.7 Å². The number of likely N-dealkylation sites (tertiary alicyclic amines) is 1. The number of alkyl halides is 3. The molecular formula is C20H19ClF4N4O2. The Morgan fingerprint density at radius 1 is 1.13 bits per heavy atom. The molecule has 1 amide bonds. The molecule has 6 nitrogen and oxygen atoms in total. The van der Waals surface area contributed by atoms with Gasteiger partial charge in [-0.2, -0.15) is 0 Å². The third-order valence-corrected chi connectivity index (χ3v) is 5.18. The maximum Gasteiger partial charge on any atom is 0.573 e. The Hall–Kier alpha value is -3.01. The molecule has 0 aliphatic carbocycles. The van der Waals surface area contributed by atoms with E-state index in [0.717, 1.165) is 12.1 Å². The second-order valence-electron chi connectivity index (χ2n) is 7.18. The highest BCUT2D eigenvalue weighted by Gasteiger charge is 2.39. The molecule has 4 rings (SSSR count). The lowest BCUT2D eigenvalue weighted by molar-refractivity contribution is -0.274. The van der Waals surface area contributed by atoms with Crippen LogP contribution in [0.5, 0.6) is 5.75 Å². The van der Waals surface area contributed by atoms with Gasteiger partial charge in [-0.3, -0.25) is 4.79 Å². The predicted molar refractivity (Wildman–Crippen MR) is 109 cm³/mol. The van der Waals surface area contributed by atoms with Gasteiger partial charge in [0.2, 0.25) is 0 Å². The van der Waals surface area contributed by atoms with Gasteiger partial charge in [-0.15, -0.1) is 25.6 Å². The van der Waals surface area contributed by atoms with Crippen LogP contribution in [0, 0.1) is 5.82 Å². The number of hydrogen-bond acceptors (Lipinski definition) is 5. The standard InChI is InChI=1S/C20H18F4N4O2.ClH/c21-14-2-1-3-15-16(14)17(25)27-19(26-15)8-10-28(11-9-19)18(29)12-4-6-13(7-5-12)30-20(22,23)24;/h1-7,26H,8-11H2,(H2,25,27);1H. The van der Waals surface area contributed by atoms with Gasteiger partial charge in [-0.05, 0) is 36.4 Å². The van der Waals surface area contributed by atoms with Crippen molar-refractivity contribution in [1.82, 2.24) is 4.90 Å². The molecule has 2 aliphatic rings. The summed E-state index contributed by atoms with van der Waals surface area (Å²) in [4.78, 5) is 18.8. The average Bonchev–Trinajstić information content (AvgIpc) is 2.67. The van der Waals surface area contributed by atoms with E-state index in [9.17, 15) is 22.4 Å². The molecule has 2 aromatic carbocycles. The molecule has 2 heterocycles. The van der Waals surface area contributed by atoms with Crippen molar-refractivity contribution in [2.45, 2.75) is 24.9 Å². The third kappa shape index (κ3) is 4.68. The molecule has 2 aromatic rings. The van der Waals surface area contributed by atoms with Crippen molar-refractivity contribution in [1.29, 1.82) is 0 Å². The van der Waals surface area contributed by atoms with Gasteiger partial charge in [0, 0.05) is 37.2 Å². The maximum atomic E-state index is 14.0. The van der Waals surface area contributed by atoms with E-state index in [4.69, 9.17) is 5.73 Å². The number of anilines is 1. The second-order valence-corrected chi connectivity index (χ2v) is 7.18. The Kier molecular flexibility index (Phi) is 6.04. The fourth-order valence-electron chi connectivity index (χ4n) is 3.75. The molecular weight excluding hydrogens is 440 g/mol. The first-order valence-electron chi connectivity index (χ1n) is 9.23. The zero-order chi connectivity index (χ0) is 21.5. The van der Waals surface area contributed by atoms with Crippen LogP contribution in [-0.4, -0.2) is 41.8 Å². The van der Waals surface area contributed by atoms with E-state index in [-0.39, 0.29) is 35.3 Å². The number of benzene rings is 2. The largest absolute Gasteiger partial charge is 0.573 e. The zero-order valence-corrected chi connectivity index (χ0v) is 16.9. The number of ether oxygens (including phenoxy) is 1. The van der Waals surface area contributed by atoms with Crippen molar-refractivity contribution in [2.75, 3.05) is 18.4 Å². The summed E-state index contributed by atoms with van der Waals surface area (Å²) < 4.78 is 54.6. The number of carbonyl (C=O) groups excluding carboxylic acids is 1. The summed E-state index contributed by atoms with van der Waals surface area (Å²) in [5.74, 6) is -1.04. The number of halogens is 5. The zero-order valence-electron chi connectivity index (χ0n) is 16.1. The summed E-state index contributed by atoms with van der Waals surface area (Å²) in [5.41, 5.74) is 6.32. The molecule has 3 N–H and O–H groups in total. The number of amidine groups is 1. The number of nitrogens with one attached hydrogen (secondary N) is 1. The van der Waals surface area contributed by atoms with Gasteiger partial charge in [-0.25, -0.2) is 9.38 Å². The molecule has 0 unspecified atom stereocenters. The van der Waals surface area contributed by atoms with Crippen LogP contribution >= 0.6 is 12.4 Å². The number of carbonyl (C=O) groups is 1. The van der Waals surface area contributed by atoms with Crippen LogP contribution in [0.1, 0.15) is 28.8 Å². The summed E-state index contributed by atoms with van der Waals surface area (Å²) in [6.07, 6.45) is -3.89. The number of nitrogens with two attached hydrogens (primary N) is 1. The molecule has 1 fully saturated rings. The van der Waals surface area contributed by atoms with E-state index in [0.29, 0.717) is 31.6 Å². The van der Waals surface area contributed by atoms with Gasteiger partial charge in [-0.1, -0.05) is 6.07 Å². The normalized spacial score (nSPS) is 17.2. The van der Waals surface area contributed by atoms with E-state index in [1.165, 1.54) is 18.2 Å². The van der Waals surface area contributed by atoms with Gasteiger partial charge in [0.15, 0.2) is 0 Å². The number of piperidine rings is 1. The summed E-state index contributed by atoms with van der Waals surface area (Å²) in [5, 5.41) is 3.24. The molecule has 2 aliphatic heterocycles. The molecule has 0 saturated carbocycles. The Morgan fingerprint density at radius 3 is 2.39 bits per heavy atom. The van der Waals surface area contributed by atoms with Crippen molar-refractivity contribution in [3.63, 3.8) is 0 Å². The first-order valence-corrected chi connectivity index (χ1v) is 9.23. The van der Waals surface area contributed by atoms with Gasteiger partial charge >= 0.3 is 6.36 Å². The Bertz CT molecular complexity index is 1000. The molecule has 11 heteroatoms. The molecule has 1 saturated heterocycles. The molecule has 31 heavy (non-hydrogen) atoms. The number of fused-ring (bicyclic) bond motifs is 1. The molecule has 0 radical (unpaired) electrons. The number of nitrogens with zero attached hydrogens (tertiary/aromatic N) is 2. The van der Waals surface area contributed by atoms with Crippen LogP contribution in [0.15, 0.2) is 47.5 Å². The first-order chi connectivity index (χ1) is 14.2. The fourth-order valence-corrected chi connectivity index (χ4v) is 3.75. The summed E-state index contributed by atoms with van der Waals surface area (Å²) in [6.45, 7) is 0.710. The predicted octanol–water partition coefficient (Wildman–Crippen LogP) is 3.91. The molecule has 0 atom stereocenters. The van der Waals surface area contributed by atoms with E-state index < -0.39 is 23.6 Å². The number of hydrogen-bond donors (Lipinski definition) is 2. The average molecular weight is 459 g/mol.